The van der Waals surface area contributed by atoms with Crippen LogP contribution in [0.4, 0.5) is 15.8 Å². The quantitative estimate of drug-likeness (QED) is 0.471. The van der Waals surface area contributed by atoms with Crippen molar-refractivity contribution in [2.24, 2.45) is 4.99 Å². The summed E-state index contributed by atoms with van der Waals surface area (Å²) in [5.41, 5.74) is 1.97. The predicted molar refractivity (Wildman–Crippen MR) is 108 cm³/mol. The number of halogens is 2. The molecule has 1 atom stereocenters. The van der Waals surface area contributed by atoms with Crippen LogP contribution in [0.15, 0.2) is 47.5 Å². The molecule has 0 aliphatic carbocycles. The van der Waals surface area contributed by atoms with Gasteiger partial charge in [-0.2, -0.15) is 0 Å². The van der Waals surface area contributed by atoms with Crippen molar-refractivity contribution >= 4 is 51.7 Å². The number of carbonyl (C=O) groups is 2. The molecular weight excluding hydrogens is 389 g/mol. The van der Waals surface area contributed by atoms with E-state index in [1.165, 1.54) is 23.9 Å². The molecule has 27 heavy (non-hydrogen) atoms. The van der Waals surface area contributed by atoms with Crippen molar-refractivity contribution in [2.45, 2.75) is 18.6 Å². The van der Waals surface area contributed by atoms with Crippen molar-refractivity contribution in [2.75, 3.05) is 17.3 Å². The minimum Gasteiger partial charge on any atom is -0.335 e. The minimum absolute atomic E-state index is 0.0686. The minimum atomic E-state index is -0.593. The van der Waals surface area contributed by atoms with Crippen molar-refractivity contribution in [3.63, 3.8) is 0 Å². The number of imide groups is 1. The van der Waals surface area contributed by atoms with Gasteiger partial charge in [-0.25, -0.2) is 9.29 Å². The first-order chi connectivity index (χ1) is 12.9. The van der Waals surface area contributed by atoms with Crippen LogP contribution in [0.3, 0.4) is 0 Å². The summed E-state index contributed by atoms with van der Waals surface area (Å²) in [7, 11) is 1.58. The molecule has 0 aromatic heterocycles. The molecule has 0 bridgehead atoms. The van der Waals surface area contributed by atoms with E-state index in [0.29, 0.717) is 21.6 Å². The summed E-state index contributed by atoms with van der Waals surface area (Å²) >= 11 is 7.29. The Kier molecular flexibility index (Phi) is 5.82. The Balaban J connectivity index is 1.73. The van der Waals surface area contributed by atoms with E-state index < -0.39 is 5.25 Å². The molecule has 0 radical (unpaired) electrons. The van der Waals surface area contributed by atoms with Crippen molar-refractivity contribution in [3.8, 4) is 0 Å². The molecule has 1 aliphatic rings. The van der Waals surface area contributed by atoms with Gasteiger partial charge in [0.05, 0.1) is 5.69 Å². The van der Waals surface area contributed by atoms with Gasteiger partial charge in [-0.3, -0.25) is 14.6 Å². The fourth-order valence-electron chi connectivity index (χ4n) is 2.62. The third-order valence-electron chi connectivity index (χ3n) is 4.07. The molecule has 140 valence electrons. The number of anilines is 2. The van der Waals surface area contributed by atoms with Gasteiger partial charge in [0.1, 0.15) is 11.1 Å². The lowest BCUT2D eigenvalue weighted by Crippen LogP contribution is -2.31. The number of nitrogens with zero attached hydrogens (tertiary/aromatic N) is 2. The zero-order valence-electron chi connectivity index (χ0n) is 14.7. The molecule has 1 saturated heterocycles. The van der Waals surface area contributed by atoms with Crippen LogP contribution >= 0.6 is 23.4 Å². The Hall–Kier alpha value is -2.38. The van der Waals surface area contributed by atoms with Gasteiger partial charge in [0, 0.05) is 24.2 Å². The summed E-state index contributed by atoms with van der Waals surface area (Å²) in [5.74, 6) is -0.936. The number of aliphatic imine (C=N–C) groups is 1. The zero-order chi connectivity index (χ0) is 19.6. The van der Waals surface area contributed by atoms with Gasteiger partial charge in [-0.05, 0) is 48.9 Å². The highest BCUT2D eigenvalue weighted by atomic mass is 35.5. The van der Waals surface area contributed by atoms with Crippen molar-refractivity contribution in [3.05, 3.63) is 58.9 Å². The van der Waals surface area contributed by atoms with Gasteiger partial charge in [0.2, 0.25) is 11.8 Å². The van der Waals surface area contributed by atoms with E-state index in [1.54, 1.807) is 37.4 Å². The lowest BCUT2D eigenvalue weighted by atomic mass is 10.2. The van der Waals surface area contributed by atoms with Crippen LogP contribution in [-0.4, -0.2) is 29.3 Å². The van der Waals surface area contributed by atoms with E-state index in [0.717, 1.165) is 10.5 Å². The number of aryl methyl sites for hydroxylation is 1. The Morgan fingerprint density at radius 2 is 1.96 bits per heavy atom. The maximum atomic E-state index is 13.0. The van der Waals surface area contributed by atoms with Crippen LogP contribution < -0.4 is 10.2 Å². The molecule has 1 heterocycles. The number of amidine groups is 1. The fourth-order valence-corrected chi connectivity index (χ4v) is 3.78. The summed E-state index contributed by atoms with van der Waals surface area (Å²) in [6, 6.07) is 10.9. The second-order valence-electron chi connectivity index (χ2n) is 5.97. The van der Waals surface area contributed by atoms with Crippen LogP contribution in [0.5, 0.6) is 0 Å². The summed E-state index contributed by atoms with van der Waals surface area (Å²) in [6.45, 7) is 1.85. The van der Waals surface area contributed by atoms with Crippen molar-refractivity contribution in [1.29, 1.82) is 0 Å². The van der Waals surface area contributed by atoms with E-state index in [1.807, 2.05) is 6.92 Å². The summed E-state index contributed by atoms with van der Waals surface area (Å²) in [6.07, 6.45) is 0.0686. The summed E-state index contributed by atoms with van der Waals surface area (Å²) in [4.78, 5) is 30.5. The molecule has 2 amide bonds. The lowest BCUT2D eigenvalue weighted by molar-refractivity contribution is -0.121. The Labute approximate surface area is 165 Å². The highest BCUT2D eigenvalue weighted by molar-refractivity contribution is 8.15. The van der Waals surface area contributed by atoms with E-state index in [4.69, 9.17) is 11.6 Å². The molecule has 3 rings (SSSR count). The van der Waals surface area contributed by atoms with Crippen LogP contribution in [-0.2, 0) is 9.59 Å². The number of hydrogen-bond donors (Lipinski definition) is 1. The number of benzene rings is 2. The van der Waals surface area contributed by atoms with Crippen LogP contribution in [0.25, 0.3) is 0 Å². The van der Waals surface area contributed by atoms with Gasteiger partial charge < -0.3 is 5.32 Å². The number of nitrogens with one attached hydrogen (secondary N) is 1. The first-order valence-corrected chi connectivity index (χ1v) is 9.44. The van der Waals surface area contributed by atoms with Gasteiger partial charge >= 0.3 is 0 Å². The molecule has 0 spiro atoms. The van der Waals surface area contributed by atoms with Crippen LogP contribution in [0.2, 0.25) is 5.02 Å². The lowest BCUT2D eigenvalue weighted by Gasteiger charge is -2.16. The SMILES string of the molecule is CN=C(Nc1ccc(F)cc1)S[C@H]1CC(=O)N(c2ccc(C)c(Cl)c2)C1=O. The van der Waals surface area contributed by atoms with Gasteiger partial charge in [0.15, 0.2) is 5.17 Å². The molecule has 0 saturated carbocycles. The van der Waals surface area contributed by atoms with Gasteiger partial charge in [-0.1, -0.05) is 29.4 Å². The first kappa shape index (κ1) is 19.4. The van der Waals surface area contributed by atoms with Crippen LogP contribution in [0, 0.1) is 12.7 Å². The first-order valence-electron chi connectivity index (χ1n) is 8.18. The average molecular weight is 406 g/mol. The average Bonchev–Trinajstić information content (AvgIpc) is 2.92. The highest BCUT2D eigenvalue weighted by Crippen LogP contribution is 2.32. The molecule has 1 fully saturated rings. The number of hydrogen-bond acceptors (Lipinski definition) is 4. The van der Waals surface area contributed by atoms with Crippen LogP contribution in [0.1, 0.15) is 12.0 Å². The molecule has 2 aromatic carbocycles. The largest absolute Gasteiger partial charge is 0.335 e. The topological polar surface area (TPSA) is 61.8 Å². The monoisotopic (exact) mass is 405 g/mol. The zero-order valence-corrected chi connectivity index (χ0v) is 16.3. The van der Waals surface area contributed by atoms with Gasteiger partial charge in [0.25, 0.3) is 0 Å². The predicted octanol–water partition coefficient (Wildman–Crippen LogP) is 4.25. The second kappa shape index (κ2) is 8.10. The Morgan fingerprint density at radius 3 is 2.59 bits per heavy atom. The molecular formula is C19H17ClFN3O2S. The fraction of sp³-hybridized carbons (Fsp3) is 0.211. The molecule has 2 aromatic rings. The van der Waals surface area contributed by atoms with E-state index in [-0.39, 0.29) is 24.1 Å². The number of thioether (sulfide) groups is 1. The highest BCUT2D eigenvalue weighted by Gasteiger charge is 2.40. The van der Waals surface area contributed by atoms with Crippen molar-refractivity contribution < 1.29 is 14.0 Å². The molecule has 1 aliphatic heterocycles. The van der Waals surface area contributed by atoms with E-state index in [9.17, 15) is 14.0 Å². The molecule has 1 N–H and O–H groups in total. The Morgan fingerprint density at radius 1 is 1.26 bits per heavy atom. The number of amides is 2. The molecule has 0 unspecified atom stereocenters. The van der Waals surface area contributed by atoms with E-state index >= 15 is 0 Å². The maximum Gasteiger partial charge on any atom is 0.247 e. The van der Waals surface area contributed by atoms with E-state index in [2.05, 4.69) is 10.3 Å². The molecule has 5 nitrogen and oxygen atoms in total. The Bertz CT molecular complexity index is 918. The maximum absolute atomic E-state index is 13.0. The summed E-state index contributed by atoms with van der Waals surface area (Å²) < 4.78 is 13.0. The summed E-state index contributed by atoms with van der Waals surface area (Å²) in [5, 5.41) is 3.41. The van der Waals surface area contributed by atoms with Crippen molar-refractivity contribution in [1.82, 2.24) is 0 Å². The van der Waals surface area contributed by atoms with Gasteiger partial charge in [-0.15, -0.1) is 0 Å². The number of rotatable bonds is 3. The third kappa shape index (κ3) is 4.31. The number of carbonyl (C=O) groups excluding carboxylic acids is 2. The third-order valence-corrected chi connectivity index (χ3v) is 5.64. The molecule has 8 heteroatoms. The second-order valence-corrected chi connectivity index (χ2v) is 7.57. The smallest absolute Gasteiger partial charge is 0.247 e. The standard InChI is InChI=1S/C19H17ClFN3O2S/c1-11-3-8-14(9-15(11)20)24-17(25)10-16(18(24)26)27-19(22-2)23-13-6-4-12(21)5-7-13/h3-9,16H,10H2,1-2H3,(H,22,23)/t16-/m0/s1. The normalized spacial score (nSPS) is 17.6.